The van der Waals surface area contributed by atoms with Crippen LogP contribution >= 0.6 is 0 Å². The largest absolute Gasteiger partial charge is 0.507 e. The topological polar surface area (TPSA) is 60.8 Å². The van der Waals surface area contributed by atoms with E-state index in [0.717, 1.165) is 18.4 Å². The lowest BCUT2D eigenvalue weighted by molar-refractivity contribution is -0.117. The highest BCUT2D eigenvalue weighted by Gasteiger charge is 2.32. The number of aryl methyl sites for hydroxylation is 1. The van der Waals surface area contributed by atoms with Gasteiger partial charge in [-0.3, -0.25) is 4.79 Å². The fourth-order valence-corrected chi connectivity index (χ4v) is 3.40. The van der Waals surface area contributed by atoms with Crippen LogP contribution in [0.1, 0.15) is 31.4 Å². The molecule has 1 aliphatic rings. The predicted molar refractivity (Wildman–Crippen MR) is 90.9 cm³/mol. The first kappa shape index (κ1) is 16.3. The van der Waals surface area contributed by atoms with Crippen molar-refractivity contribution in [3.63, 3.8) is 0 Å². The first-order valence-electron chi connectivity index (χ1n) is 8.14. The van der Waals surface area contributed by atoms with Crippen molar-refractivity contribution in [3.05, 3.63) is 41.2 Å². The van der Waals surface area contributed by atoms with Crippen molar-refractivity contribution in [3.8, 4) is 22.6 Å². The van der Waals surface area contributed by atoms with Crippen LogP contribution in [0, 0.1) is 5.82 Å². The van der Waals surface area contributed by atoms with Crippen LogP contribution in [-0.4, -0.2) is 22.7 Å². The smallest absolute Gasteiger partial charge is 0.231 e. The molecule has 0 atom stereocenters. The van der Waals surface area contributed by atoms with Crippen molar-refractivity contribution in [2.45, 2.75) is 33.1 Å². The molecule has 0 unspecified atom stereocenters. The van der Waals surface area contributed by atoms with Gasteiger partial charge in [0.05, 0.1) is 17.7 Å². The summed E-state index contributed by atoms with van der Waals surface area (Å²) in [5.41, 5.74) is 2.33. The van der Waals surface area contributed by atoms with E-state index >= 15 is 0 Å². The lowest BCUT2D eigenvalue weighted by Crippen LogP contribution is -2.26. The number of hydrogen-bond donors (Lipinski definition) is 2. The van der Waals surface area contributed by atoms with Crippen molar-refractivity contribution >= 4 is 11.6 Å². The second kappa shape index (κ2) is 6.15. The molecule has 3 rings (SSSR count). The third-order valence-electron chi connectivity index (χ3n) is 4.41. The lowest BCUT2D eigenvalue weighted by Gasteiger charge is -2.17. The number of amides is 1. The number of fused-ring (bicyclic) bond motifs is 1. The van der Waals surface area contributed by atoms with Gasteiger partial charge in [0.2, 0.25) is 5.91 Å². The third-order valence-corrected chi connectivity index (χ3v) is 4.41. The number of carbonyl (C=O) groups excluding carboxylic acids is 1. The Kier molecular flexibility index (Phi) is 4.18. The highest BCUT2D eigenvalue weighted by Crippen LogP contribution is 2.45. The Labute approximate surface area is 140 Å². The quantitative estimate of drug-likeness (QED) is 0.898. The maximum absolute atomic E-state index is 14.2. The fraction of sp³-hybridized carbons (Fsp3) is 0.316. The van der Waals surface area contributed by atoms with Crippen LogP contribution < -0.4 is 4.90 Å². The van der Waals surface area contributed by atoms with Gasteiger partial charge in [-0.05, 0) is 48.2 Å². The monoisotopic (exact) mass is 329 g/mol. The molecule has 4 nitrogen and oxygen atoms in total. The Morgan fingerprint density at radius 2 is 1.83 bits per heavy atom. The maximum atomic E-state index is 14.2. The van der Waals surface area contributed by atoms with Gasteiger partial charge in [0.1, 0.15) is 17.3 Å². The summed E-state index contributed by atoms with van der Waals surface area (Å²) in [6, 6.07) is 6.01. The first-order chi connectivity index (χ1) is 11.5. The summed E-state index contributed by atoms with van der Waals surface area (Å²) in [6.07, 6.45) is 1.70. The fourth-order valence-electron chi connectivity index (χ4n) is 3.40. The molecule has 2 aromatic carbocycles. The van der Waals surface area contributed by atoms with Crippen LogP contribution in [-0.2, 0) is 17.6 Å². The second-order valence-electron chi connectivity index (χ2n) is 6.00. The zero-order chi connectivity index (χ0) is 17.4. The van der Waals surface area contributed by atoms with E-state index in [1.165, 1.54) is 17.0 Å². The molecule has 24 heavy (non-hydrogen) atoms. The van der Waals surface area contributed by atoms with Crippen LogP contribution in [0.25, 0.3) is 11.1 Å². The lowest BCUT2D eigenvalue weighted by atomic mass is 9.94. The van der Waals surface area contributed by atoms with Gasteiger partial charge < -0.3 is 15.1 Å². The highest BCUT2D eigenvalue weighted by atomic mass is 19.1. The molecule has 126 valence electrons. The standard InChI is InChI=1S/C19H20FNO3/c1-3-5-11-8-15(22)18(16(23)9-11)12-6-7-14(20)19-13(12)10-17(24)21(19)4-2/h6-9,22-23H,3-5,10H2,1-2H3. The number of anilines is 1. The molecule has 1 heterocycles. The summed E-state index contributed by atoms with van der Waals surface area (Å²) < 4.78 is 14.2. The Morgan fingerprint density at radius 3 is 2.42 bits per heavy atom. The Balaban J connectivity index is 2.20. The summed E-state index contributed by atoms with van der Waals surface area (Å²) in [5, 5.41) is 20.8. The molecule has 5 heteroatoms. The summed E-state index contributed by atoms with van der Waals surface area (Å²) >= 11 is 0. The number of aromatic hydroxyl groups is 2. The molecular formula is C19H20FNO3. The van der Waals surface area contributed by atoms with Crippen molar-refractivity contribution in [2.75, 3.05) is 11.4 Å². The molecule has 2 N–H and O–H groups in total. The molecular weight excluding hydrogens is 309 g/mol. The van der Waals surface area contributed by atoms with Crippen LogP contribution in [0.4, 0.5) is 10.1 Å². The van der Waals surface area contributed by atoms with Crippen molar-refractivity contribution < 1.29 is 19.4 Å². The third kappa shape index (κ3) is 2.50. The van der Waals surface area contributed by atoms with Crippen LogP contribution in [0.3, 0.4) is 0 Å². The predicted octanol–water partition coefficient (Wildman–Crippen LogP) is 3.77. The molecule has 0 spiro atoms. The number of carbonyl (C=O) groups is 1. The molecule has 0 saturated carbocycles. The van der Waals surface area contributed by atoms with E-state index in [1.54, 1.807) is 19.1 Å². The van der Waals surface area contributed by atoms with Gasteiger partial charge in [0.15, 0.2) is 0 Å². The van der Waals surface area contributed by atoms with Crippen molar-refractivity contribution in [1.82, 2.24) is 0 Å². The average Bonchev–Trinajstić information content (AvgIpc) is 2.86. The van der Waals surface area contributed by atoms with E-state index in [4.69, 9.17) is 0 Å². The van der Waals surface area contributed by atoms with Gasteiger partial charge in [-0.1, -0.05) is 19.4 Å². The van der Waals surface area contributed by atoms with E-state index in [9.17, 15) is 19.4 Å². The van der Waals surface area contributed by atoms with Gasteiger partial charge in [0, 0.05) is 6.54 Å². The maximum Gasteiger partial charge on any atom is 0.231 e. The molecule has 1 amide bonds. The van der Waals surface area contributed by atoms with Crippen molar-refractivity contribution in [2.24, 2.45) is 0 Å². The number of phenols is 2. The van der Waals surface area contributed by atoms with Crippen LogP contribution in [0.5, 0.6) is 11.5 Å². The second-order valence-corrected chi connectivity index (χ2v) is 6.00. The zero-order valence-electron chi connectivity index (χ0n) is 13.8. The normalized spacial score (nSPS) is 13.5. The minimum absolute atomic E-state index is 0.0605. The van der Waals surface area contributed by atoms with Gasteiger partial charge >= 0.3 is 0 Å². The SMILES string of the molecule is CCCc1cc(O)c(-c2ccc(F)c3c2CC(=O)N3CC)c(O)c1. The van der Waals surface area contributed by atoms with Crippen molar-refractivity contribution in [1.29, 1.82) is 0 Å². The summed E-state index contributed by atoms with van der Waals surface area (Å²) in [6.45, 7) is 4.17. The van der Waals surface area contributed by atoms with E-state index in [1.807, 2.05) is 6.92 Å². The summed E-state index contributed by atoms with van der Waals surface area (Å²) in [4.78, 5) is 13.5. The van der Waals surface area contributed by atoms with Gasteiger partial charge in [0.25, 0.3) is 0 Å². The number of likely N-dealkylation sites (N-methyl/N-ethyl adjacent to an activating group) is 1. The zero-order valence-corrected chi connectivity index (χ0v) is 13.8. The molecule has 0 saturated heterocycles. The van der Waals surface area contributed by atoms with E-state index in [-0.39, 0.29) is 35.1 Å². The molecule has 0 aliphatic carbocycles. The van der Waals surface area contributed by atoms with E-state index in [2.05, 4.69) is 0 Å². The van der Waals surface area contributed by atoms with E-state index < -0.39 is 5.82 Å². The highest BCUT2D eigenvalue weighted by molar-refractivity contribution is 6.04. The Bertz CT molecular complexity index is 793. The van der Waals surface area contributed by atoms with Crippen LogP contribution in [0.15, 0.2) is 24.3 Å². The number of phenolic OH excluding ortho intramolecular Hbond substituents is 2. The Morgan fingerprint density at radius 1 is 1.17 bits per heavy atom. The number of benzene rings is 2. The number of nitrogens with zero attached hydrogens (tertiary/aromatic N) is 1. The Hall–Kier alpha value is -2.56. The first-order valence-corrected chi connectivity index (χ1v) is 8.14. The van der Waals surface area contributed by atoms with Gasteiger partial charge in [-0.2, -0.15) is 0 Å². The molecule has 0 radical (unpaired) electrons. The number of hydrogen-bond acceptors (Lipinski definition) is 3. The minimum atomic E-state index is -0.469. The molecule has 0 bridgehead atoms. The van der Waals surface area contributed by atoms with E-state index in [0.29, 0.717) is 17.7 Å². The molecule has 0 aromatic heterocycles. The number of rotatable bonds is 4. The van der Waals surface area contributed by atoms with Crippen LogP contribution in [0.2, 0.25) is 0 Å². The molecule has 2 aromatic rings. The minimum Gasteiger partial charge on any atom is -0.507 e. The molecule has 0 fully saturated rings. The average molecular weight is 329 g/mol. The summed E-state index contributed by atoms with van der Waals surface area (Å²) in [5.74, 6) is -0.771. The molecule has 1 aliphatic heterocycles. The summed E-state index contributed by atoms with van der Waals surface area (Å²) in [7, 11) is 0. The number of halogens is 1. The van der Waals surface area contributed by atoms with Gasteiger partial charge in [-0.15, -0.1) is 0 Å². The van der Waals surface area contributed by atoms with Gasteiger partial charge in [-0.25, -0.2) is 4.39 Å².